The lowest BCUT2D eigenvalue weighted by molar-refractivity contribution is -0.148. The van der Waals surface area contributed by atoms with Gasteiger partial charge in [0, 0.05) is 24.1 Å². The lowest BCUT2D eigenvalue weighted by Crippen LogP contribution is -2.55. The number of esters is 1. The van der Waals surface area contributed by atoms with Gasteiger partial charge in [-0.25, -0.2) is 8.42 Å². The number of halogens is 1. The molecular formula is C15H19BrN2O5S. The molecule has 0 aromatic heterocycles. The summed E-state index contributed by atoms with van der Waals surface area (Å²) in [6, 6.07) is 4.06. The van der Waals surface area contributed by atoms with Crippen LogP contribution in [0.5, 0.6) is 0 Å². The summed E-state index contributed by atoms with van der Waals surface area (Å²) >= 11 is 3.42. The number of anilines is 1. The van der Waals surface area contributed by atoms with E-state index in [0.717, 1.165) is 12.2 Å². The summed E-state index contributed by atoms with van der Waals surface area (Å²) in [6.45, 7) is 1.56. The maximum absolute atomic E-state index is 12.7. The first-order valence-corrected chi connectivity index (χ1v) is 9.90. The summed E-state index contributed by atoms with van der Waals surface area (Å²) in [7, 11) is -2.49. The van der Waals surface area contributed by atoms with E-state index in [1.807, 2.05) is 4.90 Å². The van der Waals surface area contributed by atoms with E-state index in [1.165, 1.54) is 17.5 Å². The molecule has 132 valence electrons. The van der Waals surface area contributed by atoms with E-state index in [0.29, 0.717) is 30.4 Å². The summed E-state index contributed by atoms with van der Waals surface area (Å²) in [5.74, 6) is -0.536. The Labute approximate surface area is 149 Å². The Morgan fingerprint density at radius 2 is 2.08 bits per heavy atom. The predicted octanol–water partition coefficient (Wildman–Crippen LogP) is 0.956. The number of aliphatic hydroxyl groups excluding tert-OH is 1. The van der Waals surface area contributed by atoms with Crippen LogP contribution in [0, 0.1) is 0 Å². The summed E-state index contributed by atoms with van der Waals surface area (Å²) < 4.78 is 31.9. The highest BCUT2D eigenvalue weighted by molar-refractivity contribution is 9.10. The van der Waals surface area contributed by atoms with Crippen molar-refractivity contribution in [3.63, 3.8) is 0 Å². The van der Waals surface area contributed by atoms with Gasteiger partial charge in [-0.15, -0.1) is 0 Å². The fourth-order valence-electron chi connectivity index (χ4n) is 3.02. The average molecular weight is 419 g/mol. The van der Waals surface area contributed by atoms with Crippen molar-refractivity contribution in [2.45, 2.75) is 29.9 Å². The predicted molar refractivity (Wildman–Crippen MR) is 91.3 cm³/mol. The molecule has 2 aliphatic rings. The minimum Gasteiger partial charge on any atom is -0.468 e. The summed E-state index contributed by atoms with van der Waals surface area (Å²) in [6.07, 6.45) is 0.806. The molecule has 2 saturated heterocycles. The Kier molecular flexibility index (Phi) is 4.87. The van der Waals surface area contributed by atoms with E-state index in [2.05, 4.69) is 20.7 Å². The molecule has 0 bridgehead atoms. The molecule has 2 atom stereocenters. The van der Waals surface area contributed by atoms with Crippen LogP contribution in [-0.2, 0) is 19.6 Å². The van der Waals surface area contributed by atoms with Crippen molar-refractivity contribution in [3.05, 3.63) is 22.7 Å². The number of benzene rings is 1. The second kappa shape index (κ2) is 6.62. The van der Waals surface area contributed by atoms with Gasteiger partial charge < -0.3 is 14.7 Å². The van der Waals surface area contributed by atoms with E-state index in [4.69, 9.17) is 0 Å². The molecule has 0 unspecified atom stereocenters. The first kappa shape index (κ1) is 17.7. The van der Waals surface area contributed by atoms with Crippen LogP contribution in [0.4, 0.5) is 5.69 Å². The van der Waals surface area contributed by atoms with Crippen LogP contribution in [0.1, 0.15) is 12.8 Å². The van der Waals surface area contributed by atoms with Gasteiger partial charge in [-0.05, 0) is 47.0 Å². The molecule has 24 heavy (non-hydrogen) atoms. The van der Waals surface area contributed by atoms with Crippen molar-refractivity contribution in [1.82, 2.24) is 4.31 Å². The number of methoxy groups -OCH3 is 1. The van der Waals surface area contributed by atoms with E-state index >= 15 is 0 Å². The van der Waals surface area contributed by atoms with E-state index < -0.39 is 22.0 Å². The average Bonchev–Trinajstić information content (AvgIpc) is 2.91. The monoisotopic (exact) mass is 418 g/mol. The third-order valence-corrected chi connectivity index (χ3v) is 7.01. The molecule has 2 heterocycles. The number of hydrogen-bond donors (Lipinski definition) is 1. The number of hydrogen-bond acceptors (Lipinski definition) is 6. The van der Waals surface area contributed by atoms with E-state index in [1.54, 1.807) is 12.1 Å². The molecule has 2 aliphatic heterocycles. The molecule has 1 aromatic carbocycles. The normalized spacial score (nSPS) is 24.7. The van der Waals surface area contributed by atoms with Crippen LogP contribution in [0.2, 0.25) is 0 Å². The van der Waals surface area contributed by atoms with Crippen LogP contribution in [0.25, 0.3) is 0 Å². The number of aliphatic hydroxyl groups is 1. The third-order valence-electron chi connectivity index (χ3n) is 4.47. The zero-order valence-corrected chi connectivity index (χ0v) is 15.6. The molecule has 0 aliphatic carbocycles. The van der Waals surface area contributed by atoms with Crippen LogP contribution in [0.3, 0.4) is 0 Å². The Hall–Kier alpha value is -1.16. The van der Waals surface area contributed by atoms with Crippen molar-refractivity contribution in [3.8, 4) is 0 Å². The lowest BCUT2D eigenvalue weighted by Gasteiger charge is -2.37. The number of carbonyl (C=O) groups excluding carboxylic acids is 1. The molecule has 1 N–H and O–H groups in total. The van der Waals surface area contributed by atoms with Gasteiger partial charge >= 0.3 is 5.97 Å². The maximum Gasteiger partial charge on any atom is 0.324 e. The van der Waals surface area contributed by atoms with Gasteiger partial charge in [-0.2, -0.15) is 4.31 Å². The zero-order chi connectivity index (χ0) is 17.5. The first-order valence-electron chi connectivity index (χ1n) is 7.67. The van der Waals surface area contributed by atoms with Crippen molar-refractivity contribution >= 4 is 37.6 Å². The Morgan fingerprint density at radius 1 is 1.33 bits per heavy atom. The standard InChI is InChI=1S/C15H19BrN2O5S/c1-23-15(20)14-5-7-18(14)24(21,22)11-2-3-13(12(16)8-11)17-6-4-10(19)9-17/h2-3,8,10,14,19H,4-7,9H2,1H3/t10-,14-/m0/s1. The van der Waals surface area contributed by atoms with Gasteiger partial charge in [0.05, 0.1) is 23.8 Å². The number of rotatable bonds is 4. The Bertz CT molecular complexity index is 754. The fourth-order valence-corrected chi connectivity index (χ4v) is 5.45. The second-order valence-corrected chi connectivity index (χ2v) is 8.69. The fraction of sp³-hybridized carbons (Fsp3) is 0.533. The van der Waals surface area contributed by atoms with Gasteiger partial charge in [0.1, 0.15) is 6.04 Å². The number of β-amino-alcohol motifs (C(OH)–C–C–N with tert-alkyl or cyclic N) is 1. The van der Waals surface area contributed by atoms with Crippen molar-refractivity contribution in [2.24, 2.45) is 0 Å². The SMILES string of the molecule is COC(=O)[C@@H]1CCN1S(=O)(=O)c1ccc(N2CC[C@H](O)C2)c(Br)c1. The van der Waals surface area contributed by atoms with Gasteiger partial charge in [0.25, 0.3) is 0 Å². The zero-order valence-electron chi connectivity index (χ0n) is 13.2. The number of ether oxygens (including phenoxy) is 1. The topological polar surface area (TPSA) is 87.2 Å². The Balaban J connectivity index is 1.84. The summed E-state index contributed by atoms with van der Waals surface area (Å²) in [4.78, 5) is 13.8. The van der Waals surface area contributed by atoms with Crippen molar-refractivity contribution < 1.29 is 23.1 Å². The van der Waals surface area contributed by atoms with E-state index in [9.17, 15) is 18.3 Å². The Morgan fingerprint density at radius 3 is 2.58 bits per heavy atom. The third kappa shape index (κ3) is 3.05. The van der Waals surface area contributed by atoms with Gasteiger partial charge in [-0.3, -0.25) is 4.79 Å². The number of sulfonamides is 1. The van der Waals surface area contributed by atoms with Crippen molar-refractivity contribution in [1.29, 1.82) is 0 Å². The highest BCUT2D eigenvalue weighted by Crippen LogP contribution is 2.34. The van der Waals surface area contributed by atoms with Crippen LogP contribution < -0.4 is 4.90 Å². The molecule has 9 heteroatoms. The molecule has 0 amide bonds. The minimum atomic E-state index is -3.75. The molecule has 1 aromatic rings. The molecule has 3 rings (SSSR count). The molecular weight excluding hydrogens is 400 g/mol. The van der Waals surface area contributed by atoms with Crippen LogP contribution in [0.15, 0.2) is 27.6 Å². The molecule has 0 saturated carbocycles. The van der Waals surface area contributed by atoms with Gasteiger partial charge in [0.15, 0.2) is 0 Å². The number of nitrogens with zero attached hydrogens (tertiary/aromatic N) is 2. The molecule has 2 fully saturated rings. The highest BCUT2D eigenvalue weighted by Gasteiger charge is 2.43. The highest BCUT2D eigenvalue weighted by atomic mass is 79.9. The van der Waals surface area contributed by atoms with Gasteiger partial charge in [-0.1, -0.05) is 0 Å². The molecule has 0 spiro atoms. The smallest absolute Gasteiger partial charge is 0.324 e. The van der Waals surface area contributed by atoms with Crippen LogP contribution >= 0.6 is 15.9 Å². The van der Waals surface area contributed by atoms with Crippen molar-refractivity contribution in [2.75, 3.05) is 31.6 Å². The second-order valence-electron chi connectivity index (χ2n) is 5.95. The minimum absolute atomic E-state index is 0.131. The number of carbonyl (C=O) groups is 1. The maximum atomic E-state index is 12.7. The quantitative estimate of drug-likeness (QED) is 0.732. The molecule has 0 radical (unpaired) electrons. The first-order chi connectivity index (χ1) is 11.3. The van der Waals surface area contributed by atoms with Gasteiger partial charge in [0.2, 0.25) is 10.0 Å². The largest absolute Gasteiger partial charge is 0.468 e. The lowest BCUT2D eigenvalue weighted by atomic mass is 10.1. The summed E-state index contributed by atoms with van der Waals surface area (Å²) in [5, 5.41) is 9.65. The van der Waals surface area contributed by atoms with E-state index in [-0.39, 0.29) is 11.0 Å². The van der Waals surface area contributed by atoms with Crippen LogP contribution in [-0.4, -0.2) is 62.7 Å². The molecule has 7 nitrogen and oxygen atoms in total. The summed E-state index contributed by atoms with van der Waals surface area (Å²) in [5.41, 5.74) is 0.846.